The number of thiazole rings is 1. The fraction of sp³-hybridized carbons (Fsp3) is 0.500. The second-order valence-electron chi connectivity index (χ2n) is 3.01. The molecule has 1 amide bonds. The van der Waals surface area contributed by atoms with Gasteiger partial charge in [0.2, 0.25) is 0 Å². The molecule has 76 valence electrons. The Bertz CT molecular complexity index is 314. The van der Waals surface area contributed by atoms with Crippen LogP contribution in [0.5, 0.6) is 0 Å². The van der Waals surface area contributed by atoms with E-state index in [1.54, 1.807) is 11.1 Å². The van der Waals surface area contributed by atoms with Crippen molar-refractivity contribution in [2.45, 2.75) is 12.5 Å². The minimum absolute atomic E-state index is 0.0867. The summed E-state index contributed by atoms with van der Waals surface area (Å²) in [5.74, 6) is 0. The normalized spacial score (nSPS) is 21.4. The van der Waals surface area contributed by atoms with Crippen molar-refractivity contribution in [3.8, 4) is 0 Å². The lowest BCUT2D eigenvalue weighted by Crippen LogP contribution is -2.24. The van der Waals surface area contributed by atoms with E-state index >= 15 is 0 Å². The van der Waals surface area contributed by atoms with Crippen molar-refractivity contribution < 1.29 is 9.53 Å². The molecule has 0 spiro atoms. The van der Waals surface area contributed by atoms with E-state index in [4.69, 9.17) is 10.5 Å². The summed E-state index contributed by atoms with van der Waals surface area (Å²) in [6.07, 6.45) is 1.96. The Morgan fingerprint density at radius 3 is 3.29 bits per heavy atom. The van der Waals surface area contributed by atoms with Gasteiger partial charge in [0.1, 0.15) is 6.10 Å². The summed E-state index contributed by atoms with van der Waals surface area (Å²) in [4.78, 5) is 17.0. The SMILES string of the molecule is NCCC1CN(c2nccs2)C(=O)O1. The number of hydrogen-bond acceptors (Lipinski definition) is 5. The Kier molecular flexibility index (Phi) is 2.64. The first-order valence-electron chi connectivity index (χ1n) is 4.39. The maximum atomic E-state index is 11.4. The number of anilines is 1. The number of nitrogens with two attached hydrogens (primary N) is 1. The molecule has 2 heterocycles. The Balaban J connectivity index is 2.05. The molecule has 1 atom stereocenters. The van der Waals surface area contributed by atoms with Crippen molar-refractivity contribution in [1.82, 2.24) is 4.98 Å². The lowest BCUT2D eigenvalue weighted by atomic mass is 10.2. The first-order valence-corrected chi connectivity index (χ1v) is 5.27. The Labute approximate surface area is 85.5 Å². The molecule has 2 rings (SSSR count). The summed E-state index contributed by atoms with van der Waals surface area (Å²) in [6, 6.07) is 0. The van der Waals surface area contributed by atoms with Crippen LogP contribution in [0.25, 0.3) is 0 Å². The van der Waals surface area contributed by atoms with Crippen LogP contribution in [0.1, 0.15) is 6.42 Å². The van der Waals surface area contributed by atoms with E-state index in [0.717, 1.165) is 0 Å². The fourth-order valence-electron chi connectivity index (χ4n) is 1.36. The lowest BCUT2D eigenvalue weighted by Gasteiger charge is -2.07. The van der Waals surface area contributed by atoms with Crippen LogP contribution in [0.4, 0.5) is 9.93 Å². The molecule has 0 aromatic carbocycles. The van der Waals surface area contributed by atoms with Gasteiger partial charge in [-0.3, -0.25) is 0 Å². The molecule has 1 unspecified atom stereocenters. The summed E-state index contributed by atoms with van der Waals surface area (Å²) < 4.78 is 5.11. The molecule has 6 heteroatoms. The topological polar surface area (TPSA) is 68.5 Å². The van der Waals surface area contributed by atoms with E-state index in [-0.39, 0.29) is 12.2 Å². The Morgan fingerprint density at radius 1 is 1.79 bits per heavy atom. The maximum absolute atomic E-state index is 11.4. The van der Waals surface area contributed by atoms with Gasteiger partial charge >= 0.3 is 6.09 Å². The molecule has 0 radical (unpaired) electrons. The number of carbonyl (C=O) groups excluding carboxylic acids is 1. The molecule has 0 bridgehead atoms. The highest BCUT2D eigenvalue weighted by Crippen LogP contribution is 2.24. The molecule has 1 aliphatic rings. The highest BCUT2D eigenvalue weighted by molar-refractivity contribution is 7.13. The summed E-state index contributed by atoms with van der Waals surface area (Å²) in [7, 11) is 0. The van der Waals surface area contributed by atoms with Gasteiger partial charge in [-0.15, -0.1) is 11.3 Å². The number of nitrogens with zero attached hydrogens (tertiary/aromatic N) is 2. The number of carbonyl (C=O) groups is 1. The highest BCUT2D eigenvalue weighted by atomic mass is 32.1. The maximum Gasteiger partial charge on any atom is 0.416 e. The van der Waals surface area contributed by atoms with Crippen molar-refractivity contribution in [1.29, 1.82) is 0 Å². The zero-order valence-corrected chi connectivity index (χ0v) is 8.37. The first kappa shape index (κ1) is 9.42. The van der Waals surface area contributed by atoms with Gasteiger partial charge in [0.15, 0.2) is 5.13 Å². The van der Waals surface area contributed by atoms with Crippen LogP contribution in [-0.2, 0) is 4.74 Å². The van der Waals surface area contributed by atoms with Crippen molar-refractivity contribution in [3.63, 3.8) is 0 Å². The van der Waals surface area contributed by atoms with Crippen LogP contribution in [0.2, 0.25) is 0 Å². The van der Waals surface area contributed by atoms with Crippen LogP contribution in [0, 0.1) is 0 Å². The third-order valence-electron chi connectivity index (χ3n) is 2.01. The van der Waals surface area contributed by atoms with Crippen LogP contribution >= 0.6 is 11.3 Å². The number of ether oxygens (including phenoxy) is 1. The first-order chi connectivity index (χ1) is 6.81. The summed E-state index contributed by atoms with van der Waals surface area (Å²) in [6.45, 7) is 1.09. The van der Waals surface area contributed by atoms with Crippen molar-refractivity contribution in [2.75, 3.05) is 18.0 Å². The second kappa shape index (κ2) is 3.93. The Morgan fingerprint density at radius 2 is 2.64 bits per heavy atom. The van der Waals surface area contributed by atoms with Crippen LogP contribution in [-0.4, -0.2) is 30.3 Å². The number of cyclic esters (lactones) is 1. The molecule has 2 N–H and O–H groups in total. The predicted octanol–water partition coefficient (Wildman–Crippen LogP) is 0.817. The lowest BCUT2D eigenvalue weighted by molar-refractivity contribution is 0.138. The molecule has 1 fully saturated rings. The third-order valence-corrected chi connectivity index (χ3v) is 2.81. The average Bonchev–Trinajstić information content (AvgIpc) is 2.74. The van der Waals surface area contributed by atoms with E-state index in [2.05, 4.69) is 4.98 Å². The van der Waals surface area contributed by atoms with Gasteiger partial charge in [0.05, 0.1) is 6.54 Å². The van der Waals surface area contributed by atoms with Gasteiger partial charge in [-0.1, -0.05) is 0 Å². The van der Waals surface area contributed by atoms with E-state index in [1.807, 2.05) is 5.38 Å². The van der Waals surface area contributed by atoms with E-state index < -0.39 is 0 Å². The van der Waals surface area contributed by atoms with Crippen molar-refractivity contribution in [2.24, 2.45) is 5.73 Å². The van der Waals surface area contributed by atoms with E-state index in [1.165, 1.54) is 11.3 Å². The van der Waals surface area contributed by atoms with Crippen LogP contribution in [0.15, 0.2) is 11.6 Å². The zero-order valence-electron chi connectivity index (χ0n) is 7.55. The van der Waals surface area contributed by atoms with Crippen LogP contribution in [0.3, 0.4) is 0 Å². The van der Waals surface area contributed by atoms with Crippen LogP contribution < -0.4 is 10.6 Å². The summed E-state index contributed by atoms with van der Waals surface area (Å²) >= 11 is 1.43. The average molecular weight is 213 g/mol. The number of rotatable bonds is 3. The fourth-order valence-corrected chi connectivity index (χ4v) is 2.00. The van der Waals surface area contributed by atoms with Gasteiger partial charge in [0.25, 0.3) is 0 Å². The smallest absolute Gasteiger partial charge is 0.416 e. The standard InChI is InChI=1S/C8H11N3O2S/c9-2-1-6-5-11(8(12)13-6)7-10-3-4-14-7/h3-4,6H,1-2,5,9H2. The van der Waals surface area contributed by atoms with E-state index in [0.29, 0.717) is 24.6 Å². The largest absolute Gasteiger partial charge is 0.444 e. The minimum Gasteiger partial charge on any atom is -0.444 e. The van der Waals surface area contributed by atoms with Crippen molar-refractivity contribution >= 4 is 22.6 Å². The van der Waals surface area contributed by atoms with Gasteiger partial charge < -0.3 is 10.5 Å². The van der Waals surface area contributed by atoms with E-state index in [9.17, 15) is 4.79 Å². The second-order valence-corrected chi connectivity index (χ2v) is 3.88. The molecule has 14 heavy (non-hydrogen) atoms. The van der Waals surface area contributed by atoms with Gasteiger partial charge in [0, 0.05) is 11.6 Å². The third kappa shape index (κ3) is 1.71. The van der Waals surface area contributed by atoms with Crippen molar-refractivity contribution in [3.05, 3.63) is 11.6 Å². The van der Waals surface area contributed by atoms with Gasteiger partial charge in [-0.05, 0) is 13.0 Å². The van der Waals surface area contributed by atoms with Gasteiger partial charge in [-0.2, -0.15) is 0 Å². The molecule has 1 aliphatic heterocycles. The molecule has 1 aromatic rings. The monoisotopic (exact) mass is 213 g/mol. The molecule has 1 saturated heterocycles. The molecule has 0 saturated carbocycles. The predicted molar refractivity (Wildman–Crippen MR) is 53.4 cm³/mol. The summed E-state index contributed by atoms with van der Waals surface area (Å²) in [5, 5.41) is 2.52. The molecule has 0 aliphatic carbocycles. The quantitative estimate of drug-likeness (QED) is 0.807. The molecular formula is C8H11N3O2S. The minimum atomic E-state index is -0.321. The number of amides is 1. The molecule has 5 nitrogen and oxygen atoms in total. The van der Waals surface area contributed by atoms with Gasteiger partial charge in [-0.25, -0.2) is 14.7 Å². The zero-order chi connectivity index (χ0) is 9.97. The number of aromatic nitrogens is 1. The molecule has 1 aromatic heterocycles. The Hall–Kier alpha value is -1.14. The molecular weight excluding hydrogens is 202 g/mol. The highest BCUT2D eigenvalue weighted by Gasteiger charge is 2.32. The summed E-state index contributed by atoms with van der Waals surface area (Å²) in [5.41, 5.74) is 5.40. The number of hydrogen-bond donors (Lipinski definition) is 1.